The third-order valence-corrected chi connectivity index (χ3v) is 5.55. The van der Waals surface area contributed by atoms with Gasteiger partial charge in [0.25, 0.3) is 0 Å². The Morgan fingerprint density at radius 3 is 2.26 bits per heavy atom. The number of nitrogens with one attached hydrogen (secondary N) is 1. The Kier molecular flexibility index (Phi) is 3.36. The second kappa shape index (κ2) is 4.76. The van der Waals surface area contributed by atoms with E-state index < -0.39 is 0 Å². The van der Waals surface area contributed by atoms with Crippen LogP contribution in [0.2, 0.25) is 0 Å². The summed E-state index contributed by atoms with van der Waals surface area (Å²) in [4.78, 5) is 14.9. The van der Waals surface area contributed by atoms with Gasteiger partial charge in [0.05, 0.1) is 11.7 Å². The zero-order chi connectivity index (χ0) is 13.6. The van der Waals surface area contributed by atoms with Crippen molar-refractivity contribution in [1.29, 1.82) is 0 Å². The van der Waals surface area contributed by atoms with E-state index in [1.807, 2.05) is 0 Å². The lowest BCUT2D eigenvalue weighted by Gasteiger charge is -2.28. The van der Waals surface area contributed by atoms with Crippen molar-refractivity contribution in [2.45, 2.75) is 71.0 Å². The van der Waals surface area contributed by atoms with Gasteiger partial charge in [0.15, 0.2) is 0 Å². The lowest BCUT2D eigenvalue weighted by Crippen LogP contribution is -2.43. The van der Waals surface area contributed by atoms with E-state index in [2.05, 4.69) is 31.0 Å². The van der Waals surface area contributed by atoms with Crippen molar-refractivity contribution < 1.29 is 4.79 Å². The highest BCUT2D eigenvalue weighted by atomic mass is 16.2. The van der Waals surface area contributed by atoms with Gasteiger partial charge in [-0.15, -0.1) is 0 Å². The maximum Gasteiger partial charge on any atom is 0.243 e. The Labute approximate surface area is 117 Å². The predicted octanol–water partition coefficient (Wildman–Crippen LogP) is 2.76. The third-order valence-electron chi connectivity index (χ3n) is 5.55. The first-order valence-corrected chi connectivity index (χ1v) is 8.17. The lowest BCUT2D eigenvalue weighted by atomic mass is 9.95. The molecule has 3 aliphatic rings. The molecule has 3 fully saturated rings. The maximum atomic E-state index is 12.7. The molecule has 2 aliphatic carbocycles. The van der Waals surface area contributed by atoms with Crippen LogP contribution in [0.3, 0.4) is 0 Å². The molecule has 1 saturated heterocycles. The van der Waals surface area contributed by atoms with Crippen LogP contribution in [0, 0.1) is 17.8 Å². The summed E-state index contributed by atoms with van der Waals surface area (Å²) in [5.41, 5.74) is -0.321. The molecule has 1 heterocycles. The van der Waals surface area contributed by atoms with Gasteiger partial charge in [0.1, 0.15) is 0 Å². The highest BCUT2D eigenvalue weighted by Gasteiger charge is 2.49. The molecule has 2 atom stereocenters. The second-order valence-electron chi connectivity index (χ2n) is 7.05. The second-order valence-corrected chi connectivity index (χ2v) is 7.05. The molecule has 0 aromatic carbocycles. The van der Waals surface area contributed by atoms with E-state index in [1.54, 1.807) is 0 Å². The summed E-state index contributed by atoms with van der Waals surface area (Å²) in [5.74, 6) is 2.98. The summed E-state index contributed by atoms with van der Waals surface area (Å²) in [6.07, 6.45) is 7.77. The van der Waals surface area contributed by atoms with Crippen molar-refractivity contribution >= 4 is 5.91 Å². The first-order chi connectivity index (χ1) is 9.09. The number of amides is 1. The molecule has 0 spiro atoms. The molecular formula is C16H28N2O. The Morgan fingerprint density at radius 1 is 1.26 bits per heavy atom. The van der Waals surface area contributed by atoms with Gasteiger partial charge in [-0.1, -0.05) is 13.8 Å². The molecule has 0 bridgehead atoms. The fraction of sp³-hybridized carbons (Fsp3) is 0.938. The highest BCUT2D eigenvalue weighted by Crippen LogP contribution is 2.50. The fourth-order valence-corrected chi connectivity index (χ4v) is 3.71. The number of rotatable bonds is 6. The Morgan fingerprint density at radius 2 is 1.84 bits per heavy atom. The highest BCUT2D eigenvalue weighted by molar-refractivity contribution is 5.88. The molecule has 0 radical (unpaired) electrons. The summed E-state index contributed by atoms with van der Waals surface area (Å²) in [6.45, 7) is 7.37. The molecule has 0 aromatic heterocycles. The molecule has 3 nitrogen and oxygen atoms in total. The van der Waals surface area contributed by atoms with Gasteiger partial charge < -0.3 is 4.90 Å². The standard InChI is InChI=1S/C16H28N2O/c1-4-14-17-16(3,5-2)15(19)18(14)10-13(11-6-7-11)12-8-9-12/h11-14,17H,4-10H2,1-3H3. The number of carbonyl (C=O) groups excluding carboxylic acids is 1. The minimum Gasteiger partial charge on any atom is -0.325 e. The van der Waals surface area contributed by atoms with Crippen molar-refractivity contribution in [1.82, 2.24) is 10.2 Å². The van der Waals surface area contributed by atoms with Gasteiger partial charge in [-0.05, 0) is 63.2 Å². The van der Waals surface area contributed by atoms with Gasteiger partial charge in [-0.25, -0.2) is 0 Å². The monoisotopic (exact) mass is 264 g/mol. The minimum atomic E-state index is -0.321. The smallest absolute Gasteiger partial charge is 0.243 e. The Bertz CT molecular complexity index is 350. The molecule has 1 aliphatic heterocycles. The zero-order valence-corrected chi connectivity index (χ0v) is 12.6. The first kappa shape index (κ1) is 13.4. The van der Waals surface area contributed by atoms with E-state index in [0.29, 0.717) is 5.91 Å². The van der Waals surface area contributed by atoms with Gasteiger partial charge >= 0.3 is 0 Å². The average Bonchev–Trinajstić information content (AvgIpc) is 3.28. The molecule has 3 heteroatoms. The number of hydrogen-bond acceptors (Lipinski definition) is 2. The van der Waals surface area contributed by atoms with E-state index in [4.69, 9.17) is 0 Å². The zero-order valence-electron chi connectivity index (χ0n) is 12.6. The number of nitrogens with zero attached hydrogens (tertiary/aromatic N) is 1. The van der Waals surface area contributed by atoms with Crippen LogP contribution in [0.4, 0.5) is 0 Å². The number of hydrogen-bond donors (Lipinski definition) is 1. The molecule has 108 valence electrons. The van der Waals surface area contributed by atoms with Crippen LogP contribution in [0.1, 0.15) is 59.3 Å². The third kappa shape index (κ3) is 2.42. The van der Waals surface area contributed by atoms with Crippen LogP contribution >= 0.6 is 0 Å². The van der Waals surface area contributed by atoms with Gasteiger partial charge in [-0.2, -0.15) is 0 Å². The van der Waals surface area contributed by atoms with Crippen LogP contribution in [-0.2, 0) is 4.79 Å². The van der Waals surface area contributed by atoms with E-state index >= 15 is 0 Å². The van der Waals surface area contributed by atoms with E-state index in [1.165, 1.54) is 25.7 Å². The molecule has 19 heavy (non-hydrogen) atoms. The number of carbonyl (C=O) groups is 1. The van der Waals surface area contributed by atoms with E-state index in [-0.39, 0.29) is 11.7 Å². The average molecular weight is 264 g/mol. The van der Waals surface area contributed by atoms with Crippen molar-refractivity contribution in [3.8, 4) is 0 Å². The van der Waals surface area contributed by atoms with Gasteiger partial charge in [-0.3, -0.25) is 10.1 Å². The molecule has 1 N–H and O–H groups in total. The Balaban J connectivity index is 1.72. The fourth-order valence-electron chi connectivity index (χ4n) is 3.71. The van der Waals surface area contributed by atoms with Crippen LogP contribution < -0.4 is 5.32 Å². The summed E-state index contributed by atoms with van der Waals surface area (Å²) in [6, 6.07) is 0. The normalized spacial score (nSPS) is 35.5. The molecule has 1 amide bonds. The minimum absolute atomic E-state index is 0.262. The first-order valence-electron chi connectivity index (χ1n) is 8.17. The summed E-state index contributed by atoms with van der Waals surface area (Å²) < 4.78 is 0. The van der Waals surface area contributed by atoms with Gasteiger partial charge in [0, 0.05) is 6.54 Å². The largest absolute Gasteiger partial charge is 0.325 e. The van der Waals surface area contributed by atoms with Crippen LogP contribution in [0.25, 0.3) is 0 Å². The molecule has 2 saturated carbocycles. The summed E-state index contributed by atoms with van der Waals surface area (Å²) >= 11 is 0. The topological polar surface area (TPSA) is 32.3 Å². The van der Waals surface area contributed by atoms with Crippen LogP contribution in [0.5, 0.6) is 0 Å². The lowest BCUT2D eigenvalue weighted by molar-refractivity contribution is -0.133. The molecule has 0 aromatic rings. The van der Waals surface area contributed by atoms with Crippen molar-refractivity contribution in [2.24, 2.45) is 17.8 Å². The van der Waals surface area contributed by atoms with E-state index in [9.17, 15) is 4.79 Å². The maximum absolute atomic E-state index is 12.7. The van der Waals surface area contributed by atoms with Crippen LogP contribution in [-0.4, -0.2) is 29.1 Å². The van der Waals surface area contributed by atoms with E-state index in [0.717, 1.165) is 37.1 Å². The van der Waals surface area contributed by atoms with Crippen LogP contribution in [0.15, 0.2) is 0 Å². The predicted molar refractivity (Wildman–Crippen MR) is 76.6 cm³/mol. The summed E-state index contributed by atoms with van der Waals surface area (Å²) in [7, 11) is 0. The van der Waals surface area contributed by atoms with Crippen molar-refractivity contribution in [3.05, 3.63) is 0 Å². The van der Waals surface area contributed by atoms with Crippen molar-refractivity contribution in [2.75, 3.05) is 6.54 Å². The quantitative estimate of drug-likeness (QED) is 0.800. The SMILES string of the molecule is CCC1NC(C)(CC)C(=O)N1CC(C1CC1)C1CC1. The van der Waals surface area contributed by atoms with Gasteiger partial charge in [0.2, 0.25) is 5.91 Å². The van der Waals surface area contributed by atoms with Crippen molar-refractivity contribution in [3.63, 3.8) is 0 Å². The summed E-state index contributed by atoms with van der Waals surface area (Å²) in [5, 5.41) is 3.57. The molecule has 2 unspecified atom stereocenters. The molecular weight excluding hydrogens is 236 g/mol. The molecule has 3 rings (SSSR count). The Hall–Kier alpha value is -0.570.